The molecule has 0 radical (unpaired) electrons. The Morgan fingerprint density at radius 1 is 1.39 bits per heavy atom. The van der Waals surface area contributed by atoms with Crippen molar-refractivity contribution in [3.63, 3.8) is 0 Å². The monoisotopic (exact) mass is 250 g/mol. The molecule has 0 unspecified atom stereocenters. The Morgan fingerprint density at radius 2 is 2.17 bits per heavy atom. The number of benzene rings is 1. The van der Waals surface area contributed by atoms with E-state index in [-0.39, 0.29) is 11.7 Å². The normalized spacial score (nSPS) is 17.0. The summed E-state index contributed by atoms with van der Waals surface area (Å²) in [6, 6.07) is 6.41. The molecule has 0 saturated heterocycles. The third-order valence-electron chi connectivity index (χ3n) is 3.68. The molecule has 0 atom stereocenters. The van der Waals surface area contributed by atoms with Crippen LogP contribution in [-0.4, -0.2) is 26.0 Å². The lowest BCUT2D eigenvalue weighted by Crippen LogP contribution is -2.50. The van der Waals surface area contributed by atoms with Crippen LogP contribution >= 0.6 is 0 Å². The molecule has 1 aromatic rings. The highest BCUT2D eigenvalue weighted by molar-refractivity contribution is 5.89. The van der Waals surface area contributed by atoms with Gasteiger partial charge in [0.15, 0.2) is 0 Å². The molecular weight excluding hydrogens is 231 g/mol. The van der Waals surface area contributed by atoms with Crippen molar-refractivity contribution in [1.29, 1.82) is 0 Å². The Bertz CT molecular complexity index is 430. The van der Waals surface area contributed by atoms with Crippen molar-refractivity contribution in [2.75, 3.05) is 20.1 Å². The summed E-state index contributed by atoms with van der Waals surface area (Å²) in [5.74, 6) is -0.253. The fourth-order valence-corrected chi connectivity index (χ4v) is 2.43. The molecule has 1 saturated carbocycles. The number of hydrogen-bond donors (Lipinski definition) is 2. The first kappa shape index (κ1) is 13.0. The van der Waals surface area contributed by atoms with Crippen LogP contribution in [0.1, 0.15) is 24.8 Å². The average molecular weight is 250 g/mol. The number of halogens is 1. The molecule has 0 aliphatic heterocycles. The molecule has 0 bridgehead atoms. The topological polar surface area (TPSA) is 41.1 Å². The van der Waals surface area contributed by atoms with Gasteiger partial charge in [0.1, 0.15) is 5.82 Å². The van der Waals surface area contributed by atoms with Crippen LogP contribution in [0.2, 0.25) is 0 Å². The molecule has 0 spiro atoms. The highest BCUT2D eigenvalue weighted by Crippen LogP contribution is 2.44. The molecule has 4 heteroatoms. The number of amides is 1. The summed E-state index contributed by atoms with van der Waals surface area (Å²) in [5, 5.41) is 5.91. The van der Waals surface area contributed by atoms with E-state index >= 15 is 0 Å². The molecule has 1 aliphatic carbocycles. The zero-order valence-corrected chi connectivity index (χ0v) is 10.6. The van der Waals surface area contributed by atoms with Crippen LogP contribution in [0, 0.1) is 5.82 Å². The van der Waals surface area contributed by atoms with Crippen LogP contribution in [0.4, 0.5) is 4.39 Å². The maximum Gasteiger partial charge on any atom is 0.230 e. The Morgan fingerprint density at radius 3 is 2.72 bits per heavy atom. The summed E-state index contributed by atoms with van der Waals surface area (Å²) < 4.78 is 13.3. The first-order valence-electron chi connectivity index (χ1n) is 6.38. The Labute approximate surface area is 107 Å². The standard InChI is InChI=1S/C14H19FN2O/c1-16-8-9-17-13(18)14(6-3-7-14)11-4-2-5-12(15)10-11/h2,4-5,10,16H,3,6-9H2,1H3,(H,17,18). The zero-order valence-electron chi connectivity index (χ0n) is 10.6. The average Bonchev–Trinajstić information content (AvgIpc) is 2.28. The number of hydrogen-bond acceptors (Lipinski definition) is 2. The Kier molecular flexibility index (Phi) is 3.97. The van der Waals surface area contributed by atoms with Gasteiger partial charge in [0.25, 0.3) is 0 Å². The fraction of sp³-hybridized carbons (Fsp3) is 0.500. The van der Waals surface area contributed by atoms with Crippen LogP contribution < -0.4 is 10.6 Å². The van der Waals surface area contributed by atoms with E-state index in [9.17, 15) is 9.18 Å². The quantitative estimate of drug-likeness (QED) is 0.779. The molecule has 1 fully saturated rings. The minimum absolute atomic E-state index is 0.0228. The van der Waals surface area contributed by atoms with E-state index < -0.39 is 5.41 Å². The minimum Gasteiger partial charge on any atom is -0.354 e. The van der Waals surface area contributed by atoms with Gasteiger partial charge in [-0.25, -0.2) is 4.39 Å². The summed E-state index contributed by atoms with van der Waals surface area (Å²) in [6.07, 6.45) is 2.64. The van der Waals surface area contributed by atoms with Gasteiger partial charge in [-0.2, -0.15) is 0 Å². The van der Waals surface area contributed by atoms with Gasteiger partial charge in [0, 0.05) is 13.1 Å². The predicted octanol–water partition coefficient (Wildman–Crippen LogP) is 1.58. The molecular formula is C14H19FN2O. The van der Waals surface area contributed by atoms with Crippen LogP contribution in [-0.2, 0) is 10.2 Å². The van der Waals surface area contributed by atoms with Gasteiger partial charge in [0.05, 0.1) is 5.41 Å². The van der Waals surface area contributed by atoms with E-state index in [1.54, 1.807) is 6.07 Å². The Balaban J connectivity index is 2.13. The third kappa shape index (κ3) is 2.38. The maximum atomic E-state index is 13.3. The van der Waals surface area contributed by atoms with E-state index in [1.165, 1.54) is 12.1 Å². The van der Waals surface area contributed by atoms with Crippen LogP contribution in [0.3, 0.4) is 0 Å². The smallest absolute Gasteiger partial charge is 0.230 e. The van der Waals surface area contributed by atoms with E-state index in [0.717, 1.165) is 31.4 Å². The van der Waals surface area contributed by atoms with Gasteiger partial charge in [0.2, 0.25) is 5.91 Å². The molecule has 1 aromatic carbocycles. The van der Waals surface area contributed by atoms with E-state index in [4.69, 9.17) is 0 Å². The molecule has 2 N–H and O–H groups in total. The molecule has 18 heavy (non-hydrogen) atoms. The fourth-order valence-electron chi connectivity index (χ4n) is 2.43. The van der Waals surface area contributed by atoms with Crippen molar-refractivity contribution in [2.45, 2.75) is 24.7 Å². The van der Waals surface area contributed by atoms with Gasteiger partial charge in [-0.05, 0) is 37.6 Å². The highest BCUT2D eigenvalue weighted by Gasteiger charge is 2.45. The second-order valence-corrected chi connectivity index (χ2v) is 4.81. The molecule has 2 rings (SSSR count). The molecule has 0 heterocycles. The van der Waals surface area contributed by atoms with Crippen LogP contribution in [0.5, 0.6) is 0 Å². The summed E-state index contributed by atoms with van der Waals surface area (Å²) in [6.45, 7) is 1.34. The van der Waals surface area contributed by atoms with Crippen molar-refractivity contribution >= 4 is 5.91 Å². The van der Waals surface area contributed by atoms with Crippen LogP contribution in [0.15, 0.2) is 24.3 Å². The first-order chi connectivity index (χ1) is 8.69. The summed E-state index contributed by atoms with van der Waals surface area (Å²) in [5.41, 5.74) is 0.297. The Hall–Kier alpha value is -1.42. The number of carbonyl (C=O) groups is 1. The van der Waals surface area contributed by atoms with Crippen LogP contribution in [0.25, 0.3) is 0 Å². The van der Waals surface area contributed by atoms with E-state index in [0.29, 0.717) is 6.54 Å². The molecule has 0 aromatic heterocycles. The summed E-state index contributed by atoms with van der Waals surface area (Å²) in [4.78, 5) is 12.3. The molecule has 3 nitrogen and oxygen atoms in total. The van der Waals surface area contributed by atoms with Gasteiger partial charge in [-0.1, -0.05) is 18.6 Å². The maximum absolute atomic E-state index is 13.3. The van der Waals surface area contributed by atoms with E-state index in [1.807, 2.05) is 13.1 Å². The SMILES string of the molecule is CNCCNC(=O)C1(c2cccc(F)c2)CCC1. The van der Waals surface area contributed by atoms with Gasteiger partial charge in [-0.15, -0.1) is 0 Å². The van der Waals surface area contributed by atoms with Gasteiger partial charge in [-0.3, -0.25) is 4.79 Å². The first-order valence-corrected chi connectivity index (χ1v) is 6.38. The predicted molar refractivity (Wildman–Crippen MR) is 68.9 cm³/mol. The third-order valence-corrected chi connectivity index (χ3v) is 3.68. The lowest BCUT2D eigenvalue weighted by Gasteiger charge is -2.40. The lowest BCUT2D eigenvalue weighted by atomic mass is 9.64. The molecule has 1 aliphatic rings. The summed E-state index contributed by atoms with van der Waals surface area (Å²) in [7, 11) is 1.85. The molecule has 98 valence electrons. The minimum atomic E-state index is -0.504. The van der Waals surface area contributed by atoms with Crippen molar-refractivity contribution < 1.29 is 9.18 Å². The highest BCUT2D eigenvalue weighted by atomic mass is 19.1. The molecule has 1 amide bonds. The number of nitrogens with one attached hydrogen (secondary N) is 2. The van der Waals surface area contributed by atoms with Crippen molar-refractivity contribution in [1.82, 2.24) is 10.6 Å². The van der Waals surface area contributed by atoms with Gasteiger partial charge < -0.3 is 10.6 Å². The second-order valence-electron chi connectivity index (χ2n) is 4.81. The lowest BCUT2D eigenvalue weighted by molar-refractivity contribution is -0.129. The van der Waals surface area contributed by atoms with Crippen molar-refractivity contribution in [2.24, 2.45) is 0 Å². The number of rotatable bonds is 5. The number of carbonyl (C=O) groups excluding carboxylic acids is 1. The van der Waals surface area contributed by atoms with Crippen molar-refractivity contribution in [3.05, 3.63) is 35.6 Å². The largest absolute Gasteiger partial charge is 0.354 e. The van der Waals surface area contributed by atoms with Gasteiger partial charge >= 0.3 is 0 Å². The number of likely N-dealkylation sites (N-methyl/N-ethyl adjacent to an activating group) is 1. The summed E-state index contributed by atoms with van der Waals surface area (Å²) >= 11 is 0. The van der Waals surface area contributed by atoms with E-state index in [2.05, 4.69) is 10.6 Å². The second kappa shape index (κ2) is 5.48. The van der Waals surface area contributed by atoms with Crippen molar-refractivity contribution in [3.8, 4) is 0 Å². The zero-order chi connectivity index (χ0) is 13.0.